The van der Waals surface area contributed by atoms with Crippen LogP contribution in [0.15, 0.2) is 5.11 Å². The van der Waals surface area contributed by atoms with Crippen molar-refractivity contribution in [1.82, 2.24) is 0 Å². The summed E-state index contributed by atoms with van der Waals surface area (Å²) in [6.07, 6.45) is -3.26. The highest BCUT2D eigenvalue weighted by Crippen LogP contribution is 2.01. The third kappa shape index (κ3) is 3.39. The second-order valence-corrected chi connectivity index (χ2v) is 2.48. The summed E-state index contributed by atoms with van der Waals surface area (Å²) in [5.74, 6) is -0.820. The molecule has 7 nitrogen and oxygen atoms in total. The van der Waals surface area contributed by atoms with E-state index in [-0.39, 0.29) is 0 Å². The van der Waals surface area contributed by atoms with Gasteiger partial charge in [-0.15, -0.1) is 0 Å². The molecular formula is C6H11N3O4. The number of hydrogen-bond acceptors (Lipinski definition) is 5. The first-order chi connectivity index (χ1) is 6.04. The predicted molar refractivity (Wildman–Crippen MR) is 42.7 cm³/mol. The van der Waals surface area contributed by atoms with Gasteiger partial charge in [0.05, 0.1) is 12.6 Å². The van der Waals surface area contributed by atoms with Crippen LogP contribution in [0.1, 0.15) is 6.92 Å². The minimum Gasteiger partial charge on any atom is -0.394 e. The number of ketones is 1. The summed E-state index contributed by atoms with van der Waals surface area (Å²) in [6, 6.07) is -1.05. The van der Waals surface area contributed by atoms with Gasteiger partial charge in [-0.05, 0) is 12.5 Å². The van der Waals surface area contributed by atoms with Crippen molar-refractivity contribution in [3.05, 3.63) is 10.4 Å². The smallest absolute Gasteiger partial charge is 0.172 e. The maximum absolute atomic E-state index is 11.0. The lowest BCUT2D eigenvalue weighted by molar-refractivity contribution is -0.135. The van der Waals surface area contributed by atoms with Crippen molar-refractivity contribution in [1.29, 1.82) is 0 Å². The van der Waals surface area contributed by atoms with E-state index in [2.05, 4.69) is 10.0 Å². The van der Waals surface area contributed by atoms with E-state index in [4.69, 9.17) is 20.9 Å². The zero-order valence-corrected chi connectivity index (χ0v) is 7.03. The fraction of sp³-hybridized carbons (Fsp3) is 0.833. The Morgan fingerprint density at radius 3 is 2.54 bits per heavy atom. The molecule has 0 aliphatic heterocycles. The fourth-order valence-electron chi connectivity index (χ4n) is 0.671. The van der Waals surface area contributed by atoms with E-state index in [0.29, 0.717) is 0 Å². The summed E-state index contributed by atoms with van der Waals surface area (Å²) < 4.78 is 0. The topological polar surface area (TPSA) is 127 Å². The highest BCUT2D eigenvalue weighted by molar-refractivity contribution is 5.88. The number of azide groups is 1. The lowest BCUT2D eigenvalue weighted by atomic mass is 10.1. The molecule has 0 radical (unpaired) electrons. The summed E-state index contributed by atoms with van der Waals surface area (Å²) in [6.45, 7) is 0.561. The Hall–Kier alpha value is -1.14. The molecule has 0 aromatic carbocycles. The molecule has 0 spiro atoms. The van der Waals surface area contributed by atoms with E-state index in [9.17, 15) is 4.79 Å². The van der Waals surface area contributed by atoms with E-state index < -0.39 is 30.6 Å². The number of nitrogens with zero attached hydrogens (tertiary/aromatic N) is 3. The van der Waals surface area contributed by atoms with Crippen molar-refractivity contribution in [3.8, 4) is 0 Å². The number of rotatable bonds is 5. The van der Waals surface area contributed by atoms with Crippen LogP contribution in [0.3, 0.4) is 0 Å². The van der Waals surface area contributed by atoms with Crippen molar-refractivity contribution in [3.63, 3.8) is 0 Å². The van der Waals surface area contributed by atoms with Gasteiger partial charge in [-0.1, -0.05) is 5.11 Å². The van der Waals surface area contributed by atoms with E-state index in [0.717, 1.165) is 0 Å². The molecule has 3 N–H and O–H groups in total. The van der Waals surface area contributed by atoms with Gasteiger partial charge in [-0.2, -0.15) is 0 Å². The molecule has 3 atom stereocenters. The summed E-state index contributed by atoms with van der Waals surface area (Å²) in [4.78, 5) is 13.4. The Balaban J connectivity index is 4.32. The highest BCUT2D eigenvalue weighted by atomic mass is 16.4. The molecule has 0 saturated heterocycles. The molecule has 0 bridgehead atoms. The molecular weight excluding hydrogens is 178 g/mol. The van der Waals surface area contributed by atoms with E-state index in [1.807, 2.05) is 0 Å². The van der Waals surface area contributed by atoms with Crippen LogP contribution in [-0.4, -0.2) is 46.0 Å². The standard InChI is InChI=1S/C6H11N3O4/c1-3(8-9-7)5(12)6(13)4(11)2-10/h3-4,6,10-11,13H,2H2,1H3. The average Bonchev–Trinajstić information content (AvgIpc) is 2.14. The first kappa shape index (κ1) is 11.9. The largest absolute Gasteiger partial charge is 0.394 e. The predicted octanol–water partition coefficient (Wildman–Crippen LogP) is -1.03. The van der Waals surface area contributed by atoms with Gasteiger partial charge in [0.15, 0.2) is 5.78 Å². The number of Topliss-reactive ketones (excluding diaryl/α,β-unsaturated/α-hetero) is 1. The van der Waals surface area contributed by atoms with Gasteiger partial charge in [0, 0.05) is 4.91 Å². The van der Waals surface area contributed by atoms with E-state index in [1.54, 1.807) is 0 Å². The summed E-state index contributed by atoms with van der Waals surface area (Å²) >= 11 is 0. The molecule has 3 unspecified atom stereocenters. The average molecular weight is 189 g/mol. The zero-order chi connectivity index (χ0) is 10.4. The molecule has 0 aromatic heterocycles. The van der Waals surface area contributed by atoms with Gasteiger partial charge >= 0.3 is 0 Å². The van der Waals surface area contributed by atoms with Crippen LogP contribution in [0.25, 0.3) is 10.4 Å². The molecule has 0 aromatic rings. The molecule has 0 rings (SSSR count). The van der Waals surface area contributed by atoms with Crippen LogP contribution in [-0.2, 0) is 4.79 Å². The molecule has 7 heteroatoms. The van der Waals surface area contributed by atoms with Crippen molar-refractivity contribution in [2.45, 2.75) is 25.2 Å². The first-order valence-corrected chi connectivity index (χ1v) is 3.59. The third-order valence-electron chi connectivity index (χ3n) is 1.48. The molecule has 0 amide bonds. The monoisotopic (exact) mass is 189 g/mol. The Morgan fingerprint density at radius 2 is 2.15 bits per heavy atom. The van der Waals surface area contributed by atoms with Gasteiger partial charge in [0.25, 0.3) is 0 Å². The first-order valence-electron chi connectivity index (χ1n) is 3.59. The van der Waals surface area contributed by atoms with Crippen molar-refractivity contribution in [2.24, 2.45) is 5.11 Å². The van der Waals surface area contributed by atoms with E-state index in [1.165, 1.54) is 6.92 Å². The van der Waals surface area contributed by atoms with Crippen molar-refractivity contribution < 1.29 is 20.1 Å². The molecule has 0 aliphatic carbocycles. The van der Waals surface area contributed by atoms with Gasteiger partial charge in [-0.3, -0.25) is 4.79 Å². The maximum Gasteiger partial charge on any atom is 0.172 e. The highest BCUT2D eigenvalue weighted by Gasteiger charge is 2.26. The SMILES string of the molecule is CC(N=[N+]=[N-])C(=O)C(O)C(O)CO. The normalized spacial score (nSPS) is 16.9. The Morgan fingerprint density at radius 1 is 1.62 bits per heavy atom. The number of hydrogen-bond donors (Lipinski definition) is 3. The fourth-order valence-corrected chi connectivity index (χ4v) is 0.671. The van der Waals surface area contributed by atoms with Crippen LogP contribution >= 0.6 is 0 Å². The second kappa shape index (κ2) is 5.50. The summed E-state index contributed by atoms with van der Waals surface area (Å²) in [5.41, 5.74) is 7.98. The Bertz CT molecular complexity index is 226. The molecule has 0 aliphatic rings. The molecule has 13 heavy (non-hydrogen) atoms. The van der Waals surface area contributed by atoms with Crippen LogP contribution in [0.4, 0.5) is 0 Å². The minimum absolute atomic E-state index is 0.726. The zero-order valence-electron chi connectivity index (χ0n) is 7.03. The Labute approximate surface area is 74.2 Å². The molecule has 0 fully saturated rings. The van der Waals surface area contributed by atoms with Crippen molar-refractivity contribution in [2.75, 3.05) is 6.61 Å². The third-order valence-corrected chi connectivity index (χ3v) is 1.48. The molecule has 0 saturated carbocycles. The van der Waals surface area contributed by atoms with Crippen LogP contribution < -0.4 is 0 Å². The van der Waals surface area contributed by atoms with Crippen LogP contribution in [0, 0.1) is 0 Å². The maximum atomic E-state index is 11.0. The minimum atomic E-state index is -1.72. The quantitative estimate of drug-likeness (QED) is 0.290. The van der Waals surface area contributed by atoms with E-state index >= 15 is 0 Å². The van der Waals surface area contributed by atoms with Crippen LogP contribution in [0.2, 0.25) is 0 Å². The Kier molecular flexibility index (Phi) is 5.01. The van der Waals surface area contributed by atoms with Crippen molar-refractivity contribution >= 4 is 5.78 Å². The van der Waals surface area contributed by atoms with Gasteiger partial charge in [0.2, 0.25) is 0 Å². The summed E-state index contributed by atoms with van der Waals surface area (Å²) in [5, 5.41) is 29.3. The van der Waals surface area contributed by atoms with Gasteiger partial charge in [0.1, 0.15) is 12.2 Å². The van der Waals surface area contributed by atoms with Gasteiger partial charge in [-0.25, -0.2) is 0 Å². The lowest BCUT2D eigenvalue weighted by Gasteiger charge is -2.15. The summed E-state index contributed by atoms with van der Waals surface area (Å²) in [7, 11) is 0. The molecule has 0 heterocycles. The lowest BCUT2D eigenvalue weighted by Crippen LogP contribution is -2.40. The number of carbonyl (C=O) groups excluding carboxylic acids is 1. The second-order valence-electron chi connectivity index (χ2n) is 2.48. The number of aliphatic hydroxyl groups is 3. The molecule has 74 valence electrons. The van der Waals surface area contributed by atoms with Gasteiger partial charge < -0.3 is 15.3 Å². The number of carbonyl (C=O) groups is 1. The number of aliphatic hydroxyl groups excluding tert-OH is 3. The van der Waals surface area contributed by atoms with Crippen LogP contribution in [0.5, 0.6) is 0 Å².